The number of aliphatic hydroxyl groups excluding tert-OH is 1. The number of aliphatic hydroxyl groups is 1. The maximum absolute atomic E-state index is 9.17. The Morgan fingerprint density at radius 3 is 2.45 bits per heavy atom. The molecular formula is C16H27ClN2O. The minimum absolute atomic E-state index is 0.131. The first-order valence-corrected chi connectivity index (χ1v) is 7.70. The fourth-order valence-electron chi connectivity index (χ4n) is 2.16. The first-order chi connectivity index (χ1) is 9.45. The summed E-state index contributed by atoms with van der Waals surface area (Å²) in [5.74, 6) is 0.644. The third kappa shape index (κ3) is 5.31. The van der Waals surface area contributed by atoms with Gasteiger partial charge in [0.1, 0.15) is 0 Å². The molecule has 0 aromatic heterocycles. The van der Waals surface area contributed by atoms with Crippen LogP contribution in [-0.4, -0.2) is 30.8 Å². The van der Waals surface area contributed by atoms with E-state index in [4.69, 9.17) is 16.7 Å². The van der Waals surface area contributed by atoms with Gasteiger partial charge in [0.05, 0.1) is 17.3 Å². The molecule has 1 aromatic carbocycles. The quantitative estimate of drug-likeness (QED) is 0.773. The van der Waals surface area contributed by atoms with Crippen LogP contribution in [0.4, 0.5) is 5.69 Å². The van der Waals surface area contributed by atoms with Crippen molar-refractivity contribution in [3.8, 4) is 0 Å². The Morgan fingerprint density at radius 1 is 1.25 bits per heavy atom. The van der Waals surface area contributed by atoms with Crippen LogP contribution in [0, 0.1) is 5.92 Å². The van der Waals surface area contributed by atoms with Crippen molar-refractivity contribution in [1.29, 1.82) is 0 Å². The van der Waals surface area contributed by atoms with Gasteiger partial charge in [0, 0.05) is 19.1 Å². The number of hydrogen-bond donors (Lipinski definition) is 2. The van der Waals surface area contributed by atoms with Crippen LogP contribution in [0.15, 0.2) is 18.2 Å². The van der Waals surface area contributed by atoms with Gasteiger partial charge in [-0.05, 0) is 44.0 Å². The third-order valence-electron chi connectivity index (χ3n) is 3.17. The van der Waals surface area contributed by atoms with Crippen LogP contribution in [0.2, 0.25) is 5.02 Å². The topological polar surface area (TPSA) is 35.5 Å². The van der Waals surface area contributed by atoms with Gasteiger partial charge in [0.25, 0.3) is 0 Å². The summed E-state index contributed by atoms with van der Waals surface area (Å²) in [6.45, 7) is 11.2. The van der Waals surface area contributed by atoms with Gasteiger partial charge in [0.15, 0.2) is 0 Å². The minimum atomic E-state index is 0.131. The highest BCUT2D eigenvalue weighted by molar-refractivity contribution is 6.33. The van der Waals surface area contributed by atoms with E-state index in [1.165, 1.54) is 5.56 Å². The van der Waals surface area contributed by atoms with E-state index < -0.39 is 0 Å². The predicted octanol–water partition coefficient (Wildman–Crippen LogP) is 3.29. The molecule has 0 bridgehead atoms. The van der Waals surface area contributed by atoms with Crippen molar-refractivity contribution in [3.63, 3.8) is 0 Å². The summed E-state index contributed by atoms with van der Waals surface area (Å²) in [4.78, 5) is 2.12. The molecule has 1 aromatic rings. The minimum Gasteiger partial charge on any atom is -0.395 e. The van der Waals surface area contributed by atoms with E-state index in [1.807, 2.05) is 12.1 Å². The second-order valence-corrected chi connectivity index (χ2v) is 6.23. The molecule has 0 amide bonds. The molecule has 0 unspecified atom stereocenters. The van der Waals surface area contributed by atoms with Crippen LogP contribution in [0.1, 0.15) is 33.3 Å². The Balaban J connectivity index is 2.76. The summed E-state index contributed by atoms with van der Waals surface area (Å²) in [7, 11) is 0. The SMILES string of the molecule is CC(C)CNCc1ccc(N(CCO)C(C)C)c(Cl)c1. The zero-order valence-electron chi connectivity index (χ0n) is 13.0. The average molecular weight is 299 g/mol. The van der Waals surface area contributed by atoms with E-state index in [2.05, 4.69) is 44.0 Å². The van der Waals surface area contributed by atoms with Gasteiger partial charge in [0.2, 0.25) is 0 Å². The van der Waals surface area contributed by atoms with Gasteiger partial charge in [-0.15, -0.1) is 0 Å². The summed E-state index contributed by atoms with van der Waals surface area (Å²) in [5.41, 5.74) is 2.18. The van der Waals surface area contributed by atoms with Crippen LogP contribution >= 0.6 is 11.6 Å². The van der Waals surface area contributed by atoms with Crippen molar-refractivity contribution in [3.05, 3.63) is 28.8 Å². The second-order valence-electron chi connectivity index (χ2n) is 5.82. The summed E-state index contributed by atoms with van der Waals surface area (Å²) in [5, 5.41) is 13.3. The zero-order chi connectivity index (χ0) is 15.1. The van der Waals surface area contributed by atoms with E-state index in [9.17, 15) is 0 Å². The molecule has 3 nitrogen and oxygen atoms in total. The fourth-order valence-corrected chi connectivity index (χ4v) is 2.47. The third-order valence-corrected chi connectivity index (χ3v) is 3.47. The van der Waals surface area contributed by atoms with Crippen molar-refractivity contribution in [2.75, 3.05) is 24.6 Å². The number of nitrogens with zero attached hydrogens (tertiary/aromatic N) is 1. The van der Waals surface area contributed by atoms with Crippen molar-refractivity contribution >= 4 is 17.3 Å². The molecule has 0 spiro atoms. The summed E-state index contributed by atoms with van der Waals surface area (Å²) >= 11 is 6.39. The van der Waals surface area contributed by atoms with Crippen molar-refractivity contribution in [2.24, 2.45) is 5.92 Å². The highest BCUT2D eigenvalue weighted by Crippen LogP contribution is 2.28. The van der Waals surface area contributed by atoms with E-state index in [0.29, 0.717) is 18.5 Å². The number of hydrogen-bond acceptors (Lipinski definition) is 3. The van der Waals surface area contributed by atoms with E-state index >= 15 is 0 Å². The van der Waals surface area contributed by atoms with Crippen LogP contribution in [0.25, 0.3) is 0 Å². The molecule has 0 fully saturated rings. The molecule has 20 heavy (non-hydrogen) atoms. The fraction of sp³-hybridized carbons (Fsp3) is 0.625. The molecule has 0 heterocycles. The molecule has 0 atom stereocenters. The highest BCUT2D eigenvalue weighted by atomic mass is 35.5. The zero-order valence-corrected chi connectivity index (χ0v) is 13.7. The van der Waals surface area contributed by atoms with Gasteiger partial charge in [-0.1, -0.05) is 31.5 Å². The van der Waals surface area contributed by atoms with E-state index in [-0.39, 0.29) is 6.61 Å². The largest absolute Gasteiger partial charge is 0.395 e. The normalized spacial score (nSPS) is 11.4. The lowest BCUT2D eigenvalue weighted by atomic mass is 10.1. The highest BCUT2D eigenvalue weighted by Gasteiger charge is 2.13. The van der Waals surface area contributed by atoms with Crippen molar-refractivity contribution in [1.82, 2.24) is 5.32 Å². The summed E-state index contributed by atoms with van der Waals surface area (Å²) < 4.78 is 0. The molecule has 2 N–H and O–H groups in total. The Labute approximate surface area is 127 Å². The molecule has 1 rings (SSSR count). The van der Waals surface area contributed by atoms with Crippen molar-refractivity contribution in [2.45, 2.75) is 40.3 Å². The molecule has 0 saturated carbocycles. The van der Waals surface area contributed by atoms with Crippen LogP contribution in [-0.2, 0) is 6.54 Å². The average Bonchev–Trinajstić information content (AvgIpc) is 2.36. The number of rotatable bonds is 8. The van der Waals surface area contributed by atoms with Gasteiger partial charge in [-0.3, -0.25) is 0 Å². The van der Waals surface area contributed by atoms with Crippen molar-refractivity contribution < 1.29 is 5.11 Å². The Morgan fingerprint density at radius 2 is 1.95 bits per heavy atom. The van der Waals surface area contributed by atoms with Crippen LogP contribution < -0.4 is 10.2 Å². The number of nitrogens with one attached hydrogen (secondary N) is 1. The molecule has 0 aliphatic rings. The standard InChI is InChI=1S/C16H27ClN2O/c1-12(2)10-18-11-14-5-6-16(15(17)9-14)19(7-8-20)13(3)4/h5-6,9,12-13,18,20H,7-8,10-11H2,1-4H3. The first kappa shape index (κ1) is 17.3. The lowest BCUT2D eigenvalue weighted by Crippen LogP contribution is -2.33. The van der Waals surface area contributed by atoms with Crippen LogP contribution in [0.3, 0.4) is 0 Å². The van der Waals surface area contributed by atoms with E-state index in [0.717, 1.165) is 23.8 Å². The summed E-state index contributed by atoms with van der Waals surface area (Å²) in [6.07, 6.45) is 0. The predicted molar refractivity (Wildman–Crippen MR) is 87.6 cm³/mol. The number of halogens is 1. The number of anilines is 1. The Hall–Kier alpha value is -0.770. The molecule has 4 heteroatoms. The smallest absolute Gasteiger partial charge is 0.0642 e. The van der Waals surface area contributed by atoms with Gasteiger partial charge < -0.3 is 15.3 Å². The van der Waals surface area contributed by atoms with Gasteiger partial charge in [-0.25, -0.2) is 0 Å². The second kappa shape index (κ2) is 8.50. The lowest BCUT2D eigenvalue weighted by molar-refractivity contribution is 0.299. The molecule has 114 valence electrons. The summed E-state index contributed by atoms with van der Waals surface area (Å²) in [6, 6.07) is 6.47. The Bertz CT molecular complexity index is 407. The lowest BCUT2D eigenvalue weighted by Gasteiger charge is -2.29. The molecule has 0 radical (unpaired) electrons. The number of benzene rings is 1. The van der Waals surface area contributed by atoms with Crippen LogP contribution in [0.5, 0.6) is 0 Å². The van der Waals surface area contributed by atoms with Gasteiger partial charge in [-0.2, -0.15) is 0 Å². The monoisotopic (exact) mass is 298 g/mol. The first-order valence-electron chi connectivity index (χ1n) is 7.32. The Kier molecular flexibility index (Phi) is 7.35. The van der Waals surface area contributed by atoms with Gasteiger partial charge >= 0.3 is 0 Å². The molecular weight excluding hydrogens is 272 g/mol. The molecule has 0 saturated heterocycles. The van der Waals surface area contributed by atoms with E-state index in [1.54, 1.807) is 0 Å². The molecule has 0 aliphatic carbocycles. The maximum Gasteiger partial charge on any atom is 0.0642 e. The molecule has 0 aliphatic heterocycles. The maximum atomic E-state index is 9.17.